The number of pyridine rings is 1. The van der Waals surface area contributed by atoms with E-state index >= 15 is 0 Å². The molecule has 142 valence electrons. The van der Waals surface area contributed by atoms with Crippen molar-refractivity contribution in [3.8, 4) is 11.6 Å². The summed E-state index contributed by atoms with van der Waals surface area (Å²) in [5.41, 5.74) is 0.791. The van der Waals surface area contributed by atoms with Crippen LogP contribution < -0.4 is 10.1 Å². The molecule has 0 saturated heterocycles. The van der Waals surface area contributed by atoms with Crippen molar-refractivity contribution in [2.24, 2.45) is 4.40 Å². The van der Waals surface area contributed by atoms with Crippen LogP contribution in [0.4, 0.5) is 5.69 Å². The summed E-state index contributed by atoms with van der Waals surface area (Å²) in [5.74, 6) is 0.720. The Hall–Kier alpha value is -3.46. The third kappa shape index (κ3) is 3.94. The molecule has 2 aromatic rings. The van der Waals surface area contributed by atoms with Gasteiger partial charge in [0.1, 0.15) is 17.3 Å². The van der Waals surface area contributed by atoms with Gasteiger partial charge in [0.15, 0.2) is 0 Å². The van der Waals surface area contributed by atoms with Gasteiger partial charge < -0.3 is 15.0 Å². The highest BCUT2D eigenvalue weighted by molar-refractivity contribution is 7.90. The van der Waals surface area contributed by atoms with Gasteiger partial charge in [-0.15, -0.1) is 4.40 Å². The fourth-order valence-electron chi connectivity index (χ4n) is 2.70. The summed E-state index contributed by atoms with van der Waals surface area (Å²) < 4.78 is 32.6. The largest absolute Gasteiger partial charge is 0.437 e. The number of carbonyl (C=O) groups is 1. The molecule has 0 spiro atoms. The fourth-order valence-corrected chi connectivity index (χ4v) is 3.67. The summed E-state index contributed by atoms with van der Waals surface area (Å²) in [6.07, 6.45) is 6.19. The summed E-state index contributed by atoms with van der Waals surface area (Å²) in [7, 11) is -3.43. The molecule has 8 nitrogen and oxygen atoms in total. The van der Waals surface area contributed by atoms with Crippen molar-refractivity contribution < 1.29 is 17.9 Å². The number of nitrogens with one attached hydrogen (secondary N) is 1. The smallest absolute Gasteiger partial charge is 0.257 e. The van der Waals surface area contributed by atoms with Gasteiger partial charge in [-0.2, -0.15) is 0 Å². The van der Waals surface area contributed by atoms with Gasteiger partial charge in [-0.25, -0.2) is 13.4 Å². The van der Waals surface area contributed by atoms with Crippen molar-refractivity contribution in [3.05, 3.63) is 72.6 Å². The van der Waals surface area contributed by atoms with Crippen molar-refractivity contribution >= 4 is 27.5 Å². The molecule has 2 aliphatic rings. The molecular weight excluding hydrogens is 380 g/mol. The molecule has 0 unspecified atom stereocenters. The first kappa shape index (κ1) is 17.9. The number of nitrogens with zero attached hydrogens (tertiary/aromatic N) is 3. The lowest BCUT2D eigenvalue weighted by Gasteiger charge is -2.27. The van der Waals surface area contributed by atoms with Gasteiger partial charge in [0.2, 0.25) is 5.88 Å². The maximum Gasteiger partial charge on any atom is 0.257 e. The Morgan fingerprint density at radius 2 is 1.93 bits per heavy atom. The number of fused-ring (bicyclic) bond motifs is 1. The van der Waals surface area contributed by atoms with E-state index in [0.29, 0.717) is 22.8 Å². The predicted octanol–water partition coefficient (Wildman–Crippen LogP) is 2.31. The van der Waals surface area contributed by atoms with E-state index in [1.54, 1.807) is 41.6 Å². The number of amidine groups is 1. The first-order valence-corrected chi connectivity index (χ1v) is 10.1. The Labute approximate surface area is 161 Å². The number of rotatable bonds is 4. The summed E-state index contributed by atoms with van der Waals surface area (Å²) in [6.45, 7) is 0.248. The number of hydrogen-bond acceptors (Lipinski definition) is 6. The highest BCUT2D eigenvalue weighted by Crippen LogP contribution is 2.27. The predicted molar refractivity (Wildman–Crippen MR) is 105 cm³/mol. The topological polar surface area (TPSA) is 101 Å². The number of para-hydroxylation sites is 1. The molecule has 1 aromatic heterocycles. The average molecular weight is 396 g/mol. The average Bonchev–Trinajstić information content (AvgIpc) is 2.69. The number of benzene rings is 1. The molecule has 9 heteroatoms. The maximum atomic E-state index is 12.7. The molecule has 0 bridgehead atoms. The molecule has 0 aliphatic carbocycles. The Morgan fingerprint density at radius 3 is 2.75 bits per heavy atom. The molecule has 0 fully saturated rings. The van der Waals surface area contributed by atoms with E-state index in [1.807, 2.05) is 18.2 Å². The van der Waals surface area contributed by atoms with Crippen LogP contribution in [0.15, 0.2) is 77.0 Å². The van der Waals surface area contributed by atoms with Gasteiger partial charge in [-0.1, -0.05) is 18.2 Å². The monoisotopic (exact) mass is 396 g/mol. The second-order valence-corrected chi connectivity index (χ2v) is 7.83. The van der Waals surface area contributed by atoms with Crippen molar-refractivity contribution in [3.63, 3.8) is 0 Å². The van der Waals surface area contributed by atoms with Crippen LogP contribution in [-0.4, -0.2) is 42.3 Å². The van der Waals surface area contributed by atoms with Crippen LogP contribution in [0.5, 0.6) is 11.6 Å². The Bertz CT molecular complexity index is 1110. The lowest BCUT2D eigenvalue weighted by atomic mass is 10.1. The van der Waals surface area contributed by atoms with Crippen LogP contribution in [-0.2, 0) is 14.8 Å². The number of sulfonamides is 1. The Morgan fingerprint density at radius 1 is 1.11 bits per heavy atom. The lowest BCUT2D eigenvalue weighted by molar-refractivity contribution is -0.112. The van der Waals surface area contributed by atoms with Crippen molar-refractivity contribution in [1.29, 1.82) is 0 Å². The lowest BCUT2D eigenvalue weighted by Crippen LogP contribution is -2.37. The molecule has 3 heterocycles. The first-order chi connectivity index (χ1) is 13.5. The van der Waals surface area contributed by atoms with E-state index in [2.05, 4.69) is 14.7 Å². The minimum Gasteiger partial charge on any atom is -0.437 e. The van der Waals surface area contributed by atoms with Crippen molar-refractivity contribution in [1.82, 2.24) is 9.88 Å². The van der Waals surface area contributed by atoms with Gasteiger partial charge in [-0.3, -0.25) is 4.79 Å². The zero-order valence-corrected chi connectivity index (χ0v) is 15.5. The molecule has 1 N–H and O–H groups in total. The van der Waals surface area contributed by atoms with Crippen LogP contribution in [0.3, 0.4) is 0 Å². The molecule has 4 rings (SSSR count). The Balaban J connectivity index is 1.52. The van der Waals surface area contributed by atoms with E-state index in [9.17, 15) is 13.2 Å². The van der Waals surface area contributed by atoms with Gasteiger partial charge in [0.05, 0.1) is 11.3 Å². The van der Waals surface area contributed by atoms with E-state index < -0.39 is 10.0 Å². The molecule has 0 radical (unpaired) electrons. The van der Waals surface area contributed by atoms with E-state index in [-0.39, 0.29) is 24.1 Å². The maximum absolute atomic E-state index is 12.7. The zero-order chi connectivity index (χ0) is 19.6. The second kappa shape index (κ2) is 7.28. The highest BCUT2D eigenvalue weighted by atomic mass is 32.2. The molecule has 1 aromatic carbocycles. The number of ether oxygens (including phenoxy) is 1. The molecule has 28 heavy (non-hydrogen) atoms. The molecule has 1 amide bonds. The van der Waals surface area contributed by atoms with E-state index in [1.165, 1.54) is 12.2 Å². The minimum absolute atomic E-state index is 0.0899. The third-order valence-corrected chi connectivity index (χ3v) is 5.23. The number of hydrogen-bond donors (Lipinski definition) is 1. The number of carbonyl (C=O) groups excluding carboxylic acids is 1. The third-order valence-electron chi connectivity index (χ3n) is 4.06. The number of anilines is 1. The van der Waals surface area contributed by atoms with Crippen LogP contribution >= 0.6 is 0 Å². The van der Waals surface area contributed by atoms with Crippen molar-refractivity contribution in [2.75, 3.05) is 17.6 Å². The second-order valence-electron chi connectivity index (χ2n) is 6.07. The molecular formula is C19H16N4O4S. The zero-order valence-electron chi connectivity index (χ0n) is 14.6. The van der Waals surface area contributed by atoms with E-state index in [4.69, 9.17) is 4.74 Å². The van der Waals surface area contributed by atoms with Gasteiger partial charge in [0, 0.05) is 18.9 Å². The number of amides is 1. The normalized spacial score (nSPS) is 17.2. The van der Waals surface area contributed by atoms with Crippen LogP contribution in [0, 0.1) is 0 Å². The Kier molecular flexibility index (Phi) is 4.66. The molecule has 0 atom stereocenters. The molecule has 2 aliphatic heterocycles. The quantitative estimate of drug-likeness (QED) is 0.851. The summed E-state index contributed by atoms with van der Waals surface area (Å²) in [5, 5.41) is 2.78. The molecule has 0 saturated carbocycles. The van der Waals surface area contributed by atoms with Crippen LogP contribution in [0.2, 0.25) is 0 Å². The van der Waals surface area contributed by atoms with Gasteiger partial charge >= 0.3 is 0 Å². The highest BCUT2D eigenvalue weighted by Gasteiger charge is 2.25. The van der Waals surface area contributed by atoms with Crippen LogP contribution in [0.1, 0.15) is 0 Å². The van der Waals surface area contributed by atoms with Gasteiger partial charge in [-0.05, 0) is 36.4 Å². The van der Waals surface area contributed by atoms with Crippen molar-refractivity contribution in [2.45, 2.75) is 0 Å². The minimum atomic E-state index is -3.43. The SMILES string of the molecule is O=C(Nc1cccnc1Oc1ccccc1)C1=CN2CCS(=O)(=O)N=C2C=C1. The standard InChI is InChI=1S/C19H16N4O4S/c24-18(14-8-9-17-22-28(25,26)12-11-23(17)13-14)21-16-7-4-10-20-19(16)27-15-5-2-1-3-6-15/h1-10,13H,11-12H2,(H,21,24). The summed E-state index contributed by atoms with van der Waals surface area (Å²) >= 11 is 0. The number of aromatic nitrogens is 1. The summed E-state index contributed by atoms with van der Waals surface area (Å²) in [4.78, 5) is 18.5. The van der Waals surface area contributed by atoms with E-state index in [0.717, 1.165) is 0 Å². The first-order valence-electron chi connectivity index (χ1n) is 8.49. The van der Waals surface area contributed by atoms with Gasteiger partial charge in [0.25, 0.3) is 15.9 Å². The summed E-state index contributed by atoms with van der Waals surface area (Å²) in [6, 6.07) is 12.5. The fraction of sp³-hybridized carbons (Fsp3) is 0.105. The van der Waals surface area contributed by atoms with Crippen LogP contribution in [0.25, 0.3) is 0 Å².